The van der Waals surface area contributed by atoms with Crippen molar-refractivity contribution in [1.82, 2.24) is 9.97 Å². The Bertz CT molecular complexity index is 2420. The highest BCUT2D eigenvalue weighted by molar-refractivity contribution is 7.04. The molecule has 2 nitrogen and oxygen atoms in total. The molecule has 3 heterocycles. The molecule has 1 aliphatic heterocycles. The van der Waals surface area contributed by atoms with Gasteiger partial charge >= 0.3 is 0 Å². The maximum Gasteiger partial charge on any atom is 0.113 e. The molecule has 0 N–H and O–H groups in total. The number of hydrogen-bond donors (Lipinski definition) is 0. The normalized spacial score (nSPS) is 13.5. The van der Waals surface area contributed by atoms with E-state index in [0.29, 0.717) is 0 Å². The molecule has 3 heteroatoms. The van der Waals surface area contributed by atoms with Gasteiger partial charge in [0.15, 0.2) is 0 Å². The van der Waals surface area contributed by atoms with Crippen LogP contribution in [0, 0.1) is 0 Å². The van der Waals surface area contributed by atoms with Gasteiger partial charge in [0.2, 0.25) is 0 Å². The Labute approximate surface area is 251 Å². The van der Waals surface area contributed by atoms with E-state index < -0.39 is 8.07 Å². The van der Waals surface area contributed by atoms with Crippen LogP contribution in [-0.4, -0.2) is 18.0 Å². The lowest BCUT2D eigenvalue weighted by Gasteiger charge is -2.19. The smallest absolute Gasteiger partial charge is 0.113 e. The first-order chi connectivity index (χ1) is 21.1. The van der Waals surface area contributed by atoms with E-state index in [2.05, 4.69) is 139 Å². The summed E-state index contributed by atoms with van der Waals surface area (Å²) in [7, 11) is -1.74. The number of aromatic nitrogens is 2. The van der Waals surface area contributed by atoms with Crippen molar-refractivity contribution in [1.29, 1.82) is 0 Å². The summed E-state index contributed by atoms with van der Waals surface area (Å²) in [6.45, 7) is 4.98. The maximum atomic E-state index is 5.07. The summed E-state index contributed by atoms with van der Waals surface area (Å²) in [6.07, 6.45) is 1.84. The first kappa shape index (κ1) is 24.5. The third-order valence-corrected chi connectivity index (χ3v) is 13.0. The van der Waals surface area contributed by atoms with Crippen molar-refractivity contribution in [2.24, 2.45) is 0 Å². The van der Waals surface area contributed by atoms with Gasteiger partial charge in [-0.2, -0.15) is 0 Å². The van der Waals surface area contributed by atoms with E-state index in [1.165, 1.54) is 43.8 Å². The van der Waals surface area contributed by atoms with Crippen LogP contribution in [0.5, 0.6) is 0 Å². The number of fused-ring (bicyclic) bond motifs is 10. The van der Waals surface area contributed by atoms with Gasteiger partial charge < -0.3 is 0 Å². The zero-order chi connectivity index (χ0) is 28.7. The first-order valence-electron chi connectivity index (χ1n) is 14.9. The molecule has 6 aromatic carbocycles. The molecular weight excluding hydrogens is 537 g/mol. The number of rotatable bonds is 2. The summed E-state index contributed by atoms with van der Waals surface area (Å²) < 4.78 is 0. The van der Waals surface area contributed by atoms with E-state index in [0.717, 1.165) is 33.1 Å². The van der Waals surface area contributed by atoms with Crippen LogP contribution < -0.4 is 10.4 Å². The monoisotopic (exact) mass is 564 g/mol. The third-order valence-electron chi connectivity index (χ3n) is 9.49. The molecule has 0 fully saturated rings. The lowest BCUT2D eigenvalue weighted by Crippen LogP contribution is -2.49. The highest BCUT2D eigenvalue weighted by atomic mass is 28.3. The molecule has 8 aromatic rings. The molecule has 2 aromatic heterocycles. The molecule has 0 aliphatic carbocycles. The molecule has 0 saturated carbocycles. The van der Waals surface area contributed by atoms with Crippen molar-refractivity contribution in [3.8, 4) is 33.5 Å². The molecule has 0 atom stereocenters. The van der Waals surface area contributed by atoms with E-state index in [-0.39, 0.29) is 0 Å². The van der Waals surface area contributed by atoms with Gasteiger partial charge in [-0.25, -0.2) is 4.98 Å². The molecule has 0 saturated heterocycles. The average molecular weight is 565 g/mol. The molecule has 0 bridgehead atoms. The predicted molar refractivity (Wildman–Crippen MR) is 185 cm³/mol. The molecule has 1 aliphatic rings. The Balaban J connectivity index is 1.21. The molecule has 43 heavy (non-hydrogen) atoms. The molecule has 0 unspecified atom stereocenters. The van der Waals surface area contributed by atoms with Crippen LogP contribution >= 0.6 is 0 Å². The summed E-state index contributed by atoms with van der Waals surface area (Å²) in [5.74, 6) is 0. The topological polar surface area (TPSA) is 25.8 Å². The standard InChI is InChI=1S/C40H28N2Si/c1-43(2)35-12-6-5-11-32(35)38-36(43)22-20-29-24-33(30-9-3-4-10-31(30)37(29)38)25-13-15-26(16-14-25)34-21-19-28-18-17-27-8-7-23-41-39(27)40(28)42-34/h3-24H,1-2H3. The largest absolute Gasteiger partial charge is 0.254 e. The van der Waals surface area contributed by atoms with Gasteiger partial charge in [0.1, 0.15) is 8.07 Å². The molecule has 0 amide bonds. The average Bonchev–Trinajstić information content (AvgIpc) is 3.30. The predicted octanol–water partition coefficient (Wildman–Crippen LogP) is 9.23. The van der Waals surface area contributed by atoms with Crippen molar-refractivity contribution >= 4 is 61.8 Å². The van der Waals surface area contributed by atoms with E-state index in [1.807, 2.05) is 12.3 Å². The van der Waals surface area contributed by atoms with Crippen molar-refractivity contribution in [2.45, 2.75) is 13.1 Å². The number of pyridine rings is 2. The zero-order valence-corrected chi connectivity index (χ0v) is 25.1. The highest BCUT2D eigenvalue weighted by Gasteiger charge is 2.38. The van der Waals surface area contributed by atoms with E-state index in [9.17, 15) is 0 Å². The quantitative estimate of drug-likeness (QED) is 0.154. The molecule has 0 radical (unpaired) electrons. The Morgan fingerprint density at radius 2 is 1.21 bits per heavy atom. The molecule has 0 spiro atoms. The second kappa shape index (κ2) is 8.94. The second-order valence-electron chi connectivity index (χ2n) is 12.2. The highest BCUT2D eigenvalue weighted by Crippen LogP contribution is 2.42. The van der Waals surface area contributed by atoms with Crippen molar-refractivity contribution in [2.75, 3.05) is 0 Å². The Kier molecular flexibility index (Phi) is 5.09. The zero-order valence-electron chi connectivity index (χ0n) is 24.1. The number of nitrogens with zero attached hydrogens (tertiary/aromatic N) is 2. The van der Waals surface area contributed by atoms with Crippen molar-refractivity contribution in [3.05, 3.63) is 134 Å². The fourth-order valence-corrected chi connectivity index (χ4v) is 10.4. The number of benzene rings is 6. The third kappa shape index (κ3) is 3.52. The van der Waals surface area contributed by atoms with Crippen molar-refractivity contribution < 1.29 is 0 Å². The molecular formula is C40H28N2Si. The van der Waals surface area contributed by atoms with Crippen LogP contribution in [0.3, 0.4) is 0 Å². The Morgan fingerprint density at radius 3 is 2.07 bits per heavy atom. The first-order valence-corrected chi connectivity index (χ1v) is 17.9. The number of hydrogen-bond acceptors (Lipinski definition) is 2. The van der Waals surface area contributed by atoms with Crippen LogP contribution in [0.4, 0.5) is 0 Å². The fraction of sp³-hybridized carbons (Fsp3) is 0.0500. The summed E-state index contributed by atoms with van der Waals surface area (Å²) >= 11 is 0. The minimum Gasteiger partial charge on any atom is -0.254 e. The fourth-order valence-electron chi connectivity index (χ4n) is 7.33. The van der Waals surface area contributed by atoms with Gasteiger partial charge in [0.05, 0.1) is 16.7 Å². The minimum absolute atomic E-state index is 0.945. The summed E-state index contributed by atoms with van der Waals surface area (Å²) in [5, 5.41) is 10.6. The van der Waals surface area contributed by atoms with E-state index in [4.69, 9.17) is 4.98 Å². The van der Waals surface area contributed by atoms with Gasteiger partial charge in [-0.3, -0.25) is 4.98 Å². The SMILES string of the molecule is C[Si]1(C)c2ccccc2-c2c1ccc1cc(-c3ccc(-c4ccc5ccc6cccnc6c5n4)cc3)c3ccccc3c21. The van der Waals surface area contributed by atoms with E-state index in [1.54, 1.807) is 10.4 Å². The van der Waals surface area contributed by atoms with Gasteiger partial charge in [0, 0.05) is 22.5 Å². The summed E-state index contributed by atoms with van der Waals surface area (Å²) in [4.78, 5) is 9.70. The summed E-state index contributed by atoms with van der Waals surface area (Å²) in [5.41, 5.74) is 9.30. The molecule has 9 rings (SSSR count). The van der Waals surface area contributed by atoms with Crippen LogP contribution in [0.1, 0.15) is 0 Å². The van der Waals surface area contributed by atoms with E-state index >= 15 is 0 Å². The van der Waals surface area contributed by atoms with Gasteiger partial charge in [-0.05, 0) is 72.4 Å². The Morgan fingerprint density at radius 1 is 0.512 bits per heavy atom. The minimum atomic E-state index is -1.74. The van der Waals surface area contributed by atoms with Crippen LogP contribution in [0.15, 0.2) is 134 Å². The summed E-state index contributed by atoms with van der Waals surface area (Å²) in [6, 6.07) is 46.7. The van der Waals surface area contributed by atoms with Crippen LogP contribution in [0.25, 0.3) is 76.9 Å². The second-order valence-corrected chi connectivity index (χ2v) is 16.5. The van der Waals surface area contributed by atoms with Gasteiger partial charge in [0.25, 0.3) is 0 Å². The Hall–Kier alpha value is -5.12. The van der Waals surface area contributed by atoms with Crippen molar-refractivity contribution in [3.63, 3.8) is 0 Å². The van der Waals surface area contributed by atoms with Gasteiger partial charge in [-0.1, -0.05) is 122 Å². The van der Waals surface area contributed by atoms with Crippen LogP contribution in [-0.2, 0) is 0 Å². The lowest BCUT2D eigenvalue weighted by molar-refractivity contribution is 1.37. The maximum absolute atomic E-state index is 5.07. The van der Waals surface area contributed by atoms with Crippen LogP contribution in [0.2, 0.25) is 13.1 Å². The van der Waals surface area contributed by atoms with Gasteiger partial charge in [-0.15, -0.1) is 0 Å². The molecule has 202 valence electrons. The lowest BCUT2D eigenvalue weighted by atomic mass is 9.89.